The third-order valence-electron chi connectivity index (χ3n) is 4.41. The van der Waals surface area contributed by atoms with E-state index in [4.69, 9.17) is 0 Å². The van der Waals surface area contributed by atoms with E-state index in [0.29, 0.717) is 13.3 Å². The van der Waals surface area contributed by atoms with Gasteiger partial charge in [0.25, 0.3) is 5.91 Å². The second kappa shape index (κ2) is 6.45. The van der Waals surface area contributed by atoms with E-state index < -0.39 is 6.04 Å². The predicted octanol–water partition coefficient (Wildman–Crippen LogP) is 1.06. The van der Waals surface area contributed by atoms with Crippen molar-refractivity contribution in [3.63, 3.8) is 0 Å². The van der Waals surface area contributed by atoms with Crippen LogP contribution in [-0.4, -0.2) is 36.1 Å². The number of hydrazine groups is 2. The molecule has 7 heteroatoms. The topological polar surface area (TPSA) is 67.9 Å². The summed E-state index contributed by atoms with van der Waals surface area (Å²) in [4.78, 5) is 26.8. The van der Waals surface area contributed by atoms with Gasteiger partial charge < -0.3 is 0 Å². The van der Waals surface area contributed by atoms with Gasteiger partial charge in [-0.3, -0.25) is 35.4 Å². The molecule has 1 atom stereocenters. The average molecular weight is 337 g/mol. The maximum absolute atomic E-state index is 12.6. The summed E-state index contributed by atoms with van der Waals surface area (Å²) in [6.45, 7) is 0.926. The van der Waals surface area contributed by atoms with Gasteiger partial charge in [-0.2, -0.15) is 0 Å². The van der Waals surface area contributed by atoms with Crippen LogP contribution in [0, 0.1) is 0 Å². The van der Waals surface area contributed by atoms with Crippen molar-refractivity contribution in [1.82, 2.24) is 15.8 Å². The normalized spacial score (nSPS) is 21.2. The second-order valence-electron chi connectivity index (χ2n) is 6.13. The fourth-order valence-corrected chi connectivity index (χ4v) is 3.15. The van der Waals surface area contributed by atoms with E-state index in [1.807, 2.05) is 65.6 Å². The minimum absolute atomic E-state index is 0.137. The zero-order chi connectivity index (χ0) is 17.2. The van der Waals surface area contributed by atoms with E-state index in [9.17, 15) is 9.59 Å². The molecule has 2 fully saturated rings. The van der Waals surface area contributed by atoms with Crippen LogP contribution in [0.4, 0.5) is 11.4 Å². The molecule has 128 valence electrons. The molecule has 0 saturated carbocycles. The number of nitrogens with zero attached hydrogens (tertiary/aromatic N) is 3. The van der Waals surface area contributed by atoms with E-state index in [0.717, 1.165) is 11.4 Å². The first-order valence-corrected chi connectivity index (χ1v) is 8.20. The van der Waals surface area contributed by atoms with Gasteiger partial charge in [-0.05, 0) is 24.3 Å². The number of rotatable bonds is 2. The standard InChI is InChI=1S/C18H19N5O2/c24-17-11-16-18(25)20-23(15-9-5-2-6-10-15)13-21(16)12-22(19-17)14-7-3-1-4-8-14/h1-10,16H,11-13H2,(H,19,24)(H,20,25)/t16-/m0/s1. The van der Waals surface area contributed by atoms with Gasteiger partial charge in [0.15, 0.2) is 0 Å². The van der Waals surface area contributed by atoms with Crippen LogP contribution in [0.3, 0.4) is 0 Å². The lowest BCUT2D eigenvalue weighted by Crippen LogP contribution is -2.64. The van der Waals surface area contributed by atoms with Crippen molar-refractivity contribution in [3.05, 3.63) is 60.7 Å². The number of hydrogen-bond donors (Lipinski definition) is 2. The Kier molecular flexibility index (Phi) is 3.99. The molecular formula is C18H19N5O2. The van der Waals surface area contributed by atoms with Gasteiger partial charge in [-0.1, -0.05) is 36.4 Å². The van der Waals surface area contributed by atoms with E-state index in [1.54, 1.807) is 10.0 Å². The molecule has 7 nitrogen and oxygen atoms in total. The van der Waals surface area contributed by atoms with E-state index in [-0.39, 0.29) is 18.2 Å². The Morgan fingerprint density at radius 3 is 1.84 bits per heavy atom. The number of nitrogens with one attached hydrogen (secondary N) is 2. The zero-order valence-electron chi connectivity index (χ0n) is 13.6. The number of anilines is 2. The molecular weight excluding hydrogens is 318 g/mol. The minimum Gasteiger partial charge on any atom is -0.273 e. The van der Waals surface area contributed by atoms with Crippen LogP contribution in [0.2, 0.25) is 0 Å². The molecule has 0 aliphatic carbocycles. The third-order valence-corrected chi connectivity index (χ3v) is 4.41. The molecule has 2 aromatic rings. The van der Waals surface area contributed by atoms with Crippen LogP contribution in [-0.2, 0) is 9.59 Å². The molecule has 0 spiro atoms. The Hall–Kier alpha value is -3.06. The number of para-hydroxylation sites is 2. The predicted molar refractivity (Wildman–Crippen MR) is 94.1 cm³/mol. The summed E-state index contributed by atoms with van der Waals surface area (Å²) in [5.74, 6) is -0.333. The summed E-state index contributed by atoms with van der Waals surface area (Å²) in [5, 5.41) is 3.59. The van der Waals surface area contributed by atoms with Gasteiger partial charge in [0.05, 0.1) is 31.1 Å². The molecule has 4 rings (SSSR count). The maximum Gasteiger partial charge on any atom is 0.256 e. The van der Waals surface area contributed by atoms with Crippen LogP contribution in [0.1, 0.15) is 6.42 Å². The number of carbonyl (C=O) groups excluding carboxylic acids is 2. The first-order chi connectivity index (χ1) is 12.2. The van der Waals surface area contributed by atoms with Crippen LogP contribution >= 0.6 is 0 Å². The lowest BCUT2D eigenvalue weighted by atomic mass is 10.1. The molecule has 2 aliphatic rings. The molecule has 0 unspecified atom stereocenters. The zero-order valence-corrected chi connectivity index (χ0v) is 13.6. The largest absolute Gasteiger partial charge is 0.273 e. The molecule has 25 heavy (non-hydrogen) atoms. The van der Waals surface area contributed by atoms with Gasteiger partial charge in [0, 0.05) is 0 Å². The summed E-state index contributed by atoms with van der Waals surface area (Å²) < 4.78 is 0. The Balaban J connectivity index is 1.60. The van der Waals surface area contributed by atoms with Crippen molar-refractivity contribution in [2.24, 2.45) is 0 Å². The number of fused-ring (bicyclic) bond motifs is 1. The summed E-state index contributed by atoms with van der Waals surface area (Å²) >= 11 is 0. The molecule has 2 amide bonds. The van der Waals surface area contributed by atoms with Crippen molar-refractivity contribution in [2.75, 3.05) is 23.4 Å². The SMILES string of the molecule is O=C1C[C@H]2C(=O)NN(c3ccccc3)CN2CN(c2ccccc2)N1. The Morgan fingerprint density at radius 2 is 1.28 bits per heavy atom. The highest BCUT2D eigenvalue weighted by Gasteiger charge is 2.38. The summed E-state index contributed by atoms with van der Waals surface area (Å²) in [5.41, 5.74) is 7.56. The van der Waals surface area contributed by atoms with Gasteiger partial charge in [0.2, 0.25) is 5.91 Å². The molecule has 0 aromatic heterocycles. The molecule has 2 aromatic carbocycles. The molecule has 0 radical (unpaired) electrons. The Morgan fingerprint density at radius 1 is 0.760 bits per heavy atom. The average Bonchev–Trinajstić information content (AvgIpc) is 2.82. The van der Waals surface area contributed by atoms with Crippen LogP contribution < -0.4 is 20.9 Å². The Bertz CT molecular complexity index is 768. The molecule has 2 N–H and O–H groups in total. The van der Waals surface area contributed by atoms with Crippen molar-refractivity contribution in [2.45, 2.75) is 12.5 Å². The quantitative estimate of drug-likeness (QED) is 0.858. The van der Waals surface area contributed by atoms with E-state index in [2.05, 4.69) is 10.9 Å². The minimum atomic E-state index is -0.478. The number of carbonyl (C=O) groups is 2. The van der Waals surface area contributed by atoms with E-state index >= 15 is 0 Å². The molecule has 0 bridgehead atoms. The van der Waals surface area contributed by atoms with Gasteiger partial charge in [-0.25, -0.2) is 0 Å². The van der Waals surface area contributed by atoms with Crippen LogP contribution in [0.25, 0.3) is 0 Å². The monoisotopic (exact) mass is 337 g/mol. The lowest BCUT2D eigenvalue weighted by molar-refractivity contribution is -0.132. The number of hydrogen-bond acceptors (Lipinski definition) is 5. The highest BCUT2D eigenvalue weighted by atomic mass is 16.2. The lowest BCUT2D eigenvalue weighted by Gasteiger charge is -2.41. The number of amides is 2. The first-order valence-electron chi connectivity index (χ1n) is 8.20. The van der Waals surface area contributed by atoms with Crippen LogP contribution in [0.5, 0.6) is 0 Å². The molecule has 2 saturated heterocycles. The maximum atomic E-state index is 12.6. The van der Waals surface area contributed by atoms with Crippen LogP contribution in [0.15, 0.2) is 60.7 Å². The smallest absolute Gasteiger partial charge is 0.256 e. The van der Waals surface area contributed by atoms with Gasteiger partial charge in [0.1, 0.15) is 6.04 Å². The van der Waals surface area contributed by atoms with Gasteiger partial charge in [-0.15, -0.1) is 0 Å². The highest BCUT2D eigenvalue weighted by molar-refractivity contribution is 5.91. The van der Waals surface area contributed by atoms with Crippen molar-refractivity contribution in [1.29, 1.82) is 0 Å². The number of benzene rings is 2. The van der Waals surface area contributed by atoms with Gasteiger partial charge >= 0.3 is 0 Å². The summed E-state index contributed by atoms with van der Waals surface area (Å²) in [6.07, 6.45) is 0.137. The molecule has 2 aliphatic heterocycles. The van der Waals surface area contributed by atoms with Crippen molar-refractivity contribution in [3.8, 4) is 0 Å². The summed E-state index contributed by atoms with van der Waals surface area (Å²) in [6, 6.07) is 18.8. The fraction of sp³-hybridized carbons (Fsp3) is 0.222. The first kappa shape index (κ1) is 15.5. The Labute approximate surface area is 145 Å². The van der Waals surface area contributed by atoms with E-state index in [1.165, 1.54) is 0 Å². The fourth-order valence-electron chi connectivity index (χ4n) is 3.15. The summed E-state index contributed by atoms with van der Waals surface area (Å²) in [7, 11) is 0. The highest BCUT2D eigenvalue weighted by Crippen LogP contribution is 2.22. The molecule has 2 heterocycles. The second-order valence-corrected chi connectivity index (χ2v) is 6.13. The van der Waals surface area contributed by atoms with Crippen molar-refractivity contribution >= 4 is 23.2 Å². The third kappa shape index (κ3) is 3.14. The van der Waals surface area contributed by atoms with Crippen molar-refractivity contribution < 1.29 is 9.59 Å².